The number of rotatable bonds is 12. The van der Waals surface area contributed by atoms with E-state index >= 15 is 0 Å². The van der Waals surface area contributed by atoms with E-state index in [1.807, 2.05) is 0 Å². The molecule has 0 saturated heterocycles. The van der Waals surface area contributed by atoms with Crippen molar-refractivity contribution in [3.8, 4) is 23.0 Å². The molecule has 2 aromatic rings. The Balaban J connectivity index is 1.94. The van der Waals surface area contributed by atoms with Crippen molar-refractivity contribution in [2.45, 2.75) is 6.42 Å². The second kappa shape index (κ2) is 13.0. The fourth-order valence-corrected chi connectivity index (χ4v) is 2.52. The van der Waals surface area contributed by atoms with Gasteiger partial charge >= 0.3 is 0 Å². The lowest BCUT2D eigenvalue weighted by Crippen LogP contribution is -2.21. The lowest BCUT2D eigenvalue weighted by molar-refractivity contribution is 0.234. The fourth-order valence-electron chi connectivity index (χ4n) is 2.52. The van der Waals surface area contributed by atoms with Crippen LogP contribution in [0.5, 0.6) is 23.0 Å². The minimum atomic E-state index is -0.126. The van der Waals surface area contributed by atoms with Gasteiger partial charge in [0.1, 0.15) is 0 Å². The Morgan fingerprint density at radius 3 is 1.48 bits per heavy atom. The summed E-state index contributed by atoms with van der Waals surface area (Å²) in [5.41, 5.74) is 22.5. The minimum absolute atomic E-state index is 0.126. The molecule has 0 aliphatic rings. The Kier molecular flexibility index (Phi) is 9.80. The highest BCUT2D eigenvalue weighted by molar-refractivity contribution is 5.83. The Labute approximate surface area is 191 Å². The van der Waals surface area contributed by atoms with Crippen molar-refractivity contribution in [3.63, 3.8) is 0 Å². The molecule has 0 aliphatic carbocycles. The van der Waals surface area contributed by atoms with E-state index in [4.69, 9.17) is 41.9 Å². The van der Waals surface area contributed by atoms with Gasteiger partial charge in [0, 0.05) is 6.42 Å². The van der Waals surface area contributed by atoms with E-state index in [2.05, 4.69) is 20.4 Å². The van der Waals surface area contributed by atoms with Gasteiger partial charge in [-0.3, -0.25) is 0 Å². The largest absolute Gasteiger partial charge is 0.493 e. The number of nitrogens with two attached hydrogens (primary N) is 4. The van der Waals surface area contributed by atoms with E-state index in [0.29, 0.717) is 42.6 Å². The van der Waals surface area contributed by atoms with Crippen LogP contribution in [0.4, 0.5) is 0 Å². The molecule has 0 fully saturated rings. The van der Waals surface area contributed by atoms with Crippen molar-refractivity contribution in [1.82, 2.24) is 0 Å². The molecular weight excluding hydrogens is 428 g/mol. The molecule has 8 N–H and O–H groups in total. The van der Waals surface area contributed by atoms with E-state index in [1.165, 1.54) is 12.4 Å². The van der Waals surface area contributed by atoms with Gasteiger partial charge in [-0.1, -0.05) is 0 Å². The van der Waals surface area contributed by atoms with Crippen LogP contribution in [0.25, 0.3) is 0 Å². The molecule has 0 amide bonds. The predicted molar refractivity (Wildman–Crippen MR) is 128 cm³/mol. The zero-order valence-corrected chi connectivity index (χ0v) is 18.5. The third-order valence-electron chi connectivity index (χ3n) is 3.94. The Morgan fingerprint density at radius 1 is 0.697 bits per heavy atom. The normalized spacial score (nSPS) is 10.7. The monoisotopic (exact) mass is 456 g/mol. The quantitative estimate of drug-likeness (QED) is 0.156. The molecule has 0 unspecified atom stereocenters. The van der Waals surface area contributed by atoms with Crippen LogP contribution in [-0.4, -0.2) is 51.8 Å². The number of hydrogen-bond acceptors (Lipinski definition) is 8. The zero-order valence-electron chi connectivity index (χ0n) is 18.5. The van der Waals surface area contributed by atoms with Crippen LogP contribution in [0.2, 0.25) is 0 Å². The third-order valence-corrected chi connectivity index (χ3v) is 3.94. The zero-order chi connectivity index (χ0) is 24.1. The summed E-state index contributed by atoms with van der Waals surface area (Å²) in [5.74, 6) is 2.04. The first kappa shape index (κ1) is 24.8. The average Bonchev–Trinajstić information content (AvgIpc) is 2.78. The summed E-state index contributed by atoms with van der Waals surface area (Å²) in [6.07, 6.45) is 3.61. The molecule has 0 aromatic heterocycles. The highest BCUT2D eigenvalue weighted by Gasteiger charge is 2.07. The van der Waals surface area contributed by atoms with Gasteiger partial charge in [0.05, 0.1) is 39.9 Å². The standard InChI is InChI=1S/C21H28N8O4/c1-30-16-6-4-14(12-26-28-20(22)23)10-18(16)32-8-3-9-33-19-11-15(5-7-17(19)31-2)13-27-29-21(24)25/h4-7,10-13H,3,8-9H2,1-2H3,(H4,22,23,28)(H4,24,25,29). The van der Waals surface area contributed by atoms with Crippen LogP contribution < -0.4 is 41.9 Å². The molecule has 12 heteroatoms. The second-order valence-corrected chi connectivity index (χ2v) is 6.41. The minimum Gasteiger partial charge on any atom is -0.493 e. The molecule has 2 rings (SSSR count). The maximum atomic E-state index is 5.85. The van der Waals surface area contributed by atoms with Gasteiger partial charge in [-0.2, -0.15) is 10.2 Å². The van der Waals surface area contributed by atoms with E-state index in [0.717, 1.165) is 11.1 Å². The van der Waals surface area contributed by atoms with Crippen molar-refractivity contribution >= 4 is 24.3 Å². The molecule has 0 radical (unpaired) electrons. The molecule has 0 spiro atoms. The van der Waals surface area contributed by atoms with Gasteiger partial charge in [-0.05, 0) is 47.5 Å². The number of ether oxygens (including phenoxy) is 4. The highest BCUT2D eigenvalue weighted by atomic mass is 16.5. The van der Waals surface area contributed by atoms with Crippen molar-refractivity contribution in [3.05, 3.63) is 47.5 Å². The summed E-state index contributed by atoms with van der Waals surface area (Å²) in [5, 5.41) is 14.7. The Morgan fingerprint density at radius 2 is 1.12 bits per heavy atom. The van der Waals surface area contributed by atoms with Crippen LogP contribution in [-0.2, 0) is 0 Å². The fraction of sp³-hybridized carbons (Fsp3) is 0.238. The van der Waals surface area contributed by atoms with Crippen molar-refractivity contribution in [2.24, 2.45) is 43.3 Å². The molecule has 0 bridgehead atoms. The number of benzene rings is 2. The summed E-state index contributed by atoms with van der Waals surface area (Å²) >= 11 is 0. The molecule has 176 valence electrons. The van der Waals surface area contributed by atoms with Gasteiger partial charge in [-0.25, -0.2) is 0 Å². The molecule has 33 heavy (non-hydrogen) atoms. The van der Waals surface area contributed by atoms with Crippen molar-refractivity contribution in [2.75, 3.05) is 27.4 Å². The Hall–Kier alpha value is -4.48. The topological polar surface area (TPSA) is 190 Å². The molecule has 0 atom stereocenters. The van der Waals surface area contributed by atoms with Crippen LogP contribution in [0.3, 0.4) is 0 Å². The smallest absolute Gasteiger partial charge is 0.211 e. The van der Waals surface area contributed by atoms with Gasteiger partial charge in [0.25, 0.3) is 0 Å². The number of nitrogens with zero attached hydrogens (tertiary/aromatic N) is 4. The van der Waals surface area contributed by atoms with Gasteiger partial charge in [0.15, 0.2) is 23.0 Å². The summed E-state index contributed by atoms with van der Waals surface area (Å²) in [7, 11) is 3.13. The Bertz CT molecular complexity index is 947. The second-order valence-electron chi connectivity index (χ2n) is 6.41. The number of hydrogen-bond donors (Lipinski definition) is 4. The predicted octanol–water partition coefficient (Wildman–Crippen LogP) is 0.766. The highest BCUT2D eigenvalue weighted by Crippen LogP contribution is 2.29. The summed E-state index contributed by atoms with van der Waals surface area (Å²) < 4.78 is 22.4. The summed E-state index contributed by atoms with van der Waals surface area (Å²) in [4.78, 5) is 0. The van der Waals surface area contributed by atoms with E-state index in [9.17, 15) is 0 Å². The van der Waals surface area contributed by atoms with Crippen LogP contribution >= 0.6 is 0 Å². The first-order chi connectivity index (χ1) is 15.9. The van der Waals surface area contributed by atoms with Crippen molar-refractivity contribution < 1.29 is 18.9 Å². The number of guanidine groups is 2. The summed E-state index contributed by atoms with van der Waals surface area (Å²) in [6, 6.07) is 10.7. The first-order valence-electron chi connectivity index (χ1n) is 9.78. The lowest BCUT2D eigenvalue weighted by Gasteiger charge is -2.13. The number of methoxy groups -OCH3 is 2. The molecule has 0 saturated carbocycles. The maximum absolute atomic E-state index is 5.85. The summed E-state index contributed by atoms with van der Waals surface area (Å²) in [6.45, 7) is 0.775. The van der Waals surface area contributed by atoms with Crippen LogP contribution in [0.15, 0.2) is 56.8 Å². The van der Waals surface area contributed by atoms with Gasteiger partial charge in [-0.15, -0.1) is 10.2 Å². The lowest BCUT2D eigenvalue weighted by atomic mass is 10.2. The molecule has 0 heterocycles. The van der Waals surface area contributed by atoms with Gasteiger partial charge < -0.3 is 41.9 Å². The van der Waals surface area contributed by atoms with Crippen LogP contribution in [0, 0.1) is 0 Å². The van der Waals surface area contributed by atoms with E-state index < -0.39 is 0 Å². The third kappa shape index (κ3) is 8.65. The molecular formula is C21H28N8O4. The van der Waals surface area contributed by atoms with Crippen molar-refractivity contribution in [1.29, 1.82) is 0 Å². The SMILES string of the molecule is COc1ccc(C=NN=C(N)N)cc1OCCCOc1cc(C=NN=C(N)N)ccc1OC. The van der Waals surface area contributed by atoms with Crippen LogP contribution in [0.1, 0.15) is 17.5 Å². The van der Waals surface area contributed by atoms with E-state index in [1.54, 1.807) is 50.6 Å². The average molecular weight is 457 g/mol. The van der Waals surface area contributed by atoms with Gasteiger partial charge in [0.2, 0.25) is 11.9 Å². The maximum Gasteiger partial charge on any atom is 0.211 e. The van der Waals surface area contributed by atoms with E-state index in [-0.39, 0.29) is 11.9 Å². The molecule has 0 aliphatic heterocycles. The molecule has 2 aromatic carbocycles. The molecule has 12 nitrogen and oxygen atoms in total. The first-order valence-corrected chi connectivity index (χ1v) is 9.78.